The van der Waals surface area contributed by atoms with E-state index in [4.69, 9.17) is 4.55 Å². The summed E-state index contributed by atoms with van der Waals surface area (Å²) in [4.78, 5) is 15.6. The predicted octanol–water partition coefficient (Wildman–Crippen LogP) is 2.27. The Kier molecular flexibility index (Phi) is 6.54. The molecule has 0 unspecified atom stereocenters. The number of hydrogen-bond acceptors (Lipinski definition) is 6. The number of aromatic nitrogens is 4. The number of benzene rings is 2. The van der Waals surface area contributed by atoms with Crippen LogP contribution in [0.1, 0.15) is 0 Å². The summed E-state index contributed by atoms with van der Waals surface area (Å²) in [6.07, 6.45) is 3.03. The number of nitrogens with one attached hydrogen (secondary N) is 2. The van der Waals surface area contributed by atoms with Crippen LogP contribution in [0, 0.1) is 0 Å². The van der Waals surface area contributed by atoms with Gasteiger partial charge < -0.3 is 9.97 Å². The van der Waals surface area contributed by atoms with E-state index in [1.165, 1.54) is 0 Å². The molecule has 150 valence electrons. The predicted molar refractivity (Wildman–Crippen MR) is 109 cm³/mol. The Morgan fingerprint density at radius 3 is 1.29 bits per heavy atom. The summed E-state index contributed by atoms with van der Waals surface area (Å²) in [5.74, 6) is 1.54. The van der Waals surface area contributed by atoms with Crippen molar-refractivity contribution >= 4 is 42.0 Å². The highest BCUT2D eigenvalue weighted by atomic mass is 32.2. The number of fused-ring (bicyclic) bond motifs is 2. The molecule has 9 nitrogen and oxygen atoms in total. The van der Waals surface area contributed by atoms with Gasteiger partial charge in [0.25, 0.3) is 10.1 Å². The zero-order valence-corrected chi connectivity index (χ0v) is 17.0. The van der Waals surface area contributed by atoms with Crippen LogP contribution < -0.4 is 0 Å². The van der Waals surface area contributed by atoms with Gasteiger partial charge in [-0.25, -0.2) is 18.4 Å². The second-order valence-corrected chi connectivity index (χ2v) is 9.83. The molecule has 4 aromatic rings. The summed E-state index contributed by atoms with van der Waals surface area (Å²) in [6, 6.07) is 15.9. The van der Waals surface area contributed by atoms with Gasteiger partial charge in [-0.15, -0.1) is 0 Å². The smallest absolute Gasteiger partial charge is 0.261 e. The summed E-state index contributed by atoms with van der Waals surface area (Å²) in [6.45, 7) is 0. The summed E-state index contributed by atoms with van der Waals surface area (Å²) in [5, 5.41) is 0. The van der Waals surface area contributed by atoms with Gasteiger partial charge in [-0.05, 0) is 24.3 Å². The normalized spacial score (nSPS) is 11.4. The van der Waals surface area contributed by atoms with Crippen LogP contribution >= 0.6 is 0 Å². The molecule has 0 aliphatic heterocycles. The average Bonchev–Trinajstić information content (AvgIpc) is 3.15. The van der Waals surface area contributed by atoms with E-state index in [0.29, 0.717) is 6.26 Å². The number of imidazole rings is 2. The first-order chi connectivity index (χ1) is 12.9. The van der Waals surface area contributed by atoms with Crippen molar-refractivity contribution in [1.29, 1.82) is 0 Å². The van der Waals surface area contributed by atoms with Gasteiger partial charge in [0.15, 0.2) is 11.6 Å². The molecule has 0 aliphatic carbocycles. The minimum atomic E-state index is -3.67. The molecule has 0 saturated carbocycles. The van der Waals surface area contributed by atoms with E-state index in [1.807, 2.05) is 48.5 Å². The van der Waals surface area contributed by atoms with Gasteiger partial charge in [0.2, 0.25) is 0 Å². The third kappa shape index (κ3) is 7.47. The van der Waals surface area contributed by atoms with Gasteiger partial charge in [0, 0.05) is 12.5 Å². The Bertz CT molecular complexity index is 1110. The highest BCUT2D eigenvalue weighted by molar-refractivity contribution is 7.89. The SMILES string of the molecule is CS(=O)(=O)O.CS(C)(=O)=O.c1ccc2[nH]c(-c3nc4ccccc4[nH]3)nc2c1. The van der Waals surface area contributed by atoms with Crippen LogP contribution in [0.25, 0.3) is 33.7 Å². The minimum absolute atomic E-state index is 0.715. The number of sulfone groups is 1. The molecule has 2 heterocycles. The number of para-hydroxylation sites is 4. The molecule has 0 saturated heterocycles. The third-order valence-electron chi connectivity index (χ3n) is 3.00. The van der Waals surface area contributed by atoms with Gasteiger partial charge in [-0.1, -0.05) is 24.3 Å². The molecule has 11 heteroatoms. The van der Waals surface area contributed by atoms with Gasteiger partial charge in [0.05, 0.1) is 28.3 Å². The van der Waals surface area contributed by atoms with Crippen LogP contribution in [-0.4, -0.2) is 60.1 Å². The first-order valence-corrected chi connectivity index (χ1v) is 12.0. The van der Waals surface area contributed by atoms with Crippen molar-refractivity contribution in [1.82, 2.24) is 19.9 Å². The van der Waals surface area contributed by atoms with E-state index >= 15 is 0 Å². The molecule has 0 amide bonds. The molecular formula is C17H20N4O5S2. The molecule has 0 fully saturated rings. The molecule has 0 spiro atoms. The lowest BCUT2D eigenvalue weighted by Gasteiger charge is -1.86. The van der Waals surface area contributed by atoms with Crippen molar-refractivity contribution in [2.24, 2.45) is 0 Å². The van der Waals surface area contributed by atoms with E-state index in [1.54, 1.807) is 0 Å². The van der Waals surface area contributed by atoms with Crippen molar-refractivity contribution < 1.29 is 21.4 Å². The summed E-state index contributed by atoms with van der Waals surface area (Å²) in [7, 11) is -6.33. The maximum absolute atomic E-state index is 9.63. The molecule has 2 aromatic carbocycles. The zero-order valence-electron chi connectivity index (χ0n) is 15.4. The number of aromatic amines is 2. The molecule has 28 heavy (non-hydrogen) atoms. The molecular weight excluding hydrogens is 404 g/mol. The molecule has 0 radical (unpaired) electrons. The fourth-order valence-electron chi connectivity index (χ4n) is 2.13. The highest BCUT2D eigenvalue weighted by Gasteiger charge is 2.09. The number of hydrogen-bond donors (Lipinski definition) is 3. The first kappa shape index (κ1) is 21.5. The lowest BCUT2D eigenvalue weighted by atomic mass is 10.3. The maximum Gasteiger partial charge on any atom is 0.261 e. The fourth-order valence-corrected chi connectivity index (χ4v) is 2.13. The number of H-pyrrole nitrogens is 2. The molecule has 0 bridgehead atoms. The summed E-state index contributed by atoms with van der Waals surface area (Å²) in [5.41, 5.74) is 3.95. The van der Waals surface area contributed by atoms with Crippen LogP contribution in [0.5, 0.6) is 0 Å². The molecule has 4 rings (SSSR count). The van der Waals surface area contributed by atoms with E-state index in [0.717, 1.165) is 46.2 Å². The standard InChI is InChI=1S/C14H10N4.C2H6O2S.CH4O3S/c1-2-6-10-9(5-1)15-13(16-10)14-17-11-7-3-4-8-12(11)18-14;2*1-5(2,3)4/h1-8H,(H,15,16)(H,17,18);1-2H3;1H3,(H,2,3,4). The monoisotopic (exact) mass is 424 g/mol. The van der Waals surface area contributed by atoms with Crippen molar-refractivity contribution in [3.63, 3.8) is 0 Å². The lowest BCUT2D eigenvalue weighted by Crippen LogP contribution is -1.88. The quantitative estimate of drug-likeness (QED) is 0.397. The van der Waals surface area contributed by atoms with Gasteiger partial charge in [0.1, 0.15) is 9.84 Å². The Labute approximate surface area is 162 Å². The van der Waals surface area contributed by atoms with Crippen LogP contribution in [0.3, 0.4) is 0 Å². The molecule has 3 N–H and O–H groups in total. The minimum Gasteiger partial charge on any atom is -0.335 e. The van der Waals surface area contributed by atoms with Gasteiger partial charge in [-0.3, -0.25) is 4.55 Å². The van der Waals surface area contributed by atoms with Gasteiger partial charge >= 0.3 is 0 Å². The first-order valence-electron chi connectivity index (χ1n) is 7.87. The van der Waals surface area contributed by atoms with E-state index in [-0.39, 0.29) is 0 Å². The van der Waals surface area contributed by atoms with Crippen molar-refractivity contribution in [2.45, 2.75) is 0 Å². The molecule has 2 aromatic heterocycles. The van der Waals surface area contributed by atoms with Crippen molar-refractivity contribution in [3.8, 4) is 11.6 Å². The summed E-state index contributed by atoms with van der Waals surface area (Å²) >= 11 is 0. The van der Waals surface area contributed by atoms with Crippen LogP contribution in [0.4, 0.5) is 0 Å². The molecule has 0 atom stereocenters. The van der Waals surface area contributed by atoms with Crippen LogP contribution in [0.15, 0.2) is 48.5 Å². The Hall–Kier alpha value is -2.76. The number of nitrogens with zero attached hydrogens (tertiary/aromatic N) is 2. The maximum atomic E-state index is 9.63. The van der Waals surface area contributed by atoms with Crippen LogP contribution in [0.2, 0.25) is 0 Å². The largest absolute Gasteiger partial charge is 0.335 e. The van der Waals surface area contributed by atoms with Crippen molar-refractivity contribution in [3.05, 3.63) is 48.5 Å². The Morgan fingerprint density at radius 2 is 1.00 bits per heavy atom. The lowest BCUT2D eigenvalue weighted by molar-refractivity contribution is 0.490. The zero-order chi connectivity index (χ0) is 20.9. The van der Waals surface area contributed by atoms with Crippen molar-refractivity contribution in [2.75, 3.05) is 18.8 Å². The number of rotatable bonds is 1. The van der Waals surface area contributed by atoms with E-state index in [2.05, 4.69) is 19.9 Å². The Morgan fingerprint density at radius 1 is 0.714 bits per heavy atom. The van der Waals surface area contributed by atoms with Crippen LogP contribution in [-0.2, 0) is 20.0 Å². The fraction of sp³-hybridized carbons (Fsp3) is 0.176. The Balaban J connectivity index is 0.000000237. The topological polar surface area (TPSA) is 146 Å². The second kappa shape index (κ2) is 8.50. The highest BCUT2D eigenvalue weighted by Crippen LogP contribution is 2.20. The third-order valence-corrected chi connectivity index (χ3v) is 3.00. The molecule has 0 aliphatic rings. The van der Waals surface area contributed by atoms with Gasteiger partial charge in [-0.2, -0.15) is 8.42 Å². The summed E-state index contributed by atoms with van der Waals surface area (Å²) < 4.78 is 45.1. The second-order valence-electron chi connectivity index (χ2n) is 6.08. The van der Waals surface area contributed by atoms with E-state index in [9.17, 15) is 16.8 Å². The average molecular weight is 425 g/mol. The van der Waals surface area contributed by atoms with E-state index < -0.39 is 20.0 Å².